The lowest BCUT2D eigenvalue weighted by Crippen LogP contribution is -2.31. The smallest absolute Gasteiger partial charge is 0.213 e. The summed E-state index contributed by atoms with van der Waals surface area (Å²) in [5.74, 6) is -0.178. The summed E-state index contributed by atoms with van der Waals surface area (Å²) in [6.45, 7) is 8.79. The molecular formula is C10H15O2. The van der Waals surface area contributed by atoms with Crippen molar-refractivity contribution >= 4 is 12.1 Å². The summed E-state index contributed by atoms with van der Waals surface area (Å²) >= 11 is 0. The molecule has 1 radical (unpaired) electrons. The van der Waals surface area contributed by atoms with E-state index in [1.165, 1.54) is 0 Å². The molecule has 0 N–H and O–H groups in total. The van der Waals surface area contributed by atoms with Crippen molar-refractivity contribution in [3.05, 3.63) is 12.2 Å². The second kappa shape index (κ2) is 4.19. The van der Waals surface area contributed by atoms with E-state index in [1.54, 1.807) is 6.92 Å². The second-order valence-electron chi connectivity index (χ2n) is 3.00. The van der Waals surface area contributed by atoms with Gasteiger partial charge < -0.3 is 0 Å². The van der Waals surface area contributed by atoms with Crippen LogP contribution in [-0.2, 0) is 9.59 Å². The Morgan fingerprint density at radius 1 is 1.42 bits per heavy atom. The fraction of sp³-hybridized carbons (Fsp3) is 0.600. The molecule has 0 atom stereocenters. The molecule has 0 aromatic carbocycles. The Hall–Kier alpha value is -0.920. The second-order valence-corrected chi connectivity index (χ2v) is 3.00. The van der Waals surface area contributed by atoms with Crippen LogP contribution in [0.25, 0.3) is 0 Å². The number of ketones is 1. The maximum Gasteiger partial charge on any atom is 0.213 e. The molecule has 0 aromatic rings. The van der Waals surface area contributed by atoms with E-state index in [-0.39, 0.29) is 5.78 Å². The van der Waals surface area contributed by atoms with E-state index in [0.717, 1.165) is 0 Å². The molecule has 2 nitrogen and oxygen atoms in total. The van der Waals surface area contributed by atoms with Gasteiger partial charge in [0.15, 0.2) is 5.78 Å². The standard InChI is InChI=1S/C10H15O2/c1-5-10(6-2,7-11)9(12)8(3)4/h3,5-6H2,1-2,4H3. The Morgan fingerprint density at radius 3 is 1.92 bits per heavy atom. The van der Waals surface area contributed by atoms with Crippen LogP contribution in [0, 0.1) is 5.41 Å². The van der Waals surface area contributed by atoms with Crippen molar-refractivity contribution in [3.8, 4) is 0 Å². The first-order valence-corrected chi connectivity index (χ1v) is 4.13. The van der Waals surface area contributed by atoms with Crippen molar-refractivity contribution in [2.24, 2.45) is 5.41 Å². The van der Waals surface area contributed by atoms with Crippen molar-refractivity contribution in [2.75, 3.05) is 0 Å². The third-order valence-electron chi connectivity index (χ3n) is 2.22. The molecule has 0 fully saturated rings. The third-order valence-corrected chi connectivity index (χ3v) is 2.22. The van der Waals surface area contributed by atoms with Gasteiger partial charge in [-0.3, -0.25) is 9.59 Å². The highest BCUT2D eigenvalue weighted by Gasteiger charge is 2.35. The molecule has 0 aliphatic rings. The molecule has 0 aliphatic heterocycles. The van der Waals surface area contributed by atoms with E-state index < -0.39 is 5.41 Å². The summed E-state index contributed by atoms with van der Waals surface area (Å²) in [5.41, 5.74) is -0.506. The Kier molecular flexibility index (Phi) is 3.87. The van der Waals surface area contributed by atoms with Crippen LogP contribution >= 0.6 is 0 Å². The normalized spacial score (nSPS) is 10.9. The first kappa shape index (κ1) is 11.1. The van der Waals surface area contributed by atoms with Gasteiger partial charge >= 0.3 is 0 Å². The number of allylic oxidation sites excluding steroid dienone is 1. The fourth-order valence-electron chi connectivity index (χ4n) is 1.17. The zero-order valence-corrected chi connectivity index (χ0v) is 7.94. The molecule has 0 aromatic heterocycles. The molecule has 0 heterocycles. The zero-order valence-electron chi connectivity index (χ0n) is 7.94. The Bertz CT molecular complexity index is 200. The number of hydrogen-bond donors (Lipinski definition) is 0. The zero-order chi connectivity index (χ0) is 9.78. The van der Waals surface area contributed by atoms with E-state index in [9.17, 15) is 9.59 Å². The Morgan fingerprint density at radius 2 is 1.83 bits per heavy atom. The molecule has 0 amide bonds. The molecule has 0 rings (SSSR count). The van der Waals surface area contributed by atoms with Gasteiger partial charge in [0.25, 0.3) is 0 Å². The summed E-state index contributed by atoms with van der Waals surface area (Å²) in [4.78, 5) is 22.1. The summed E-state index contributed by atoms with van der Waals surface area (Å²) < 4.78 is 0. The van der Waals surface area contributed by atoms with Gasteiger partial charge in [-0.05, 0) is 25.3 Å². The summed E-state index contributed by atoms with van der Waals surface area (Å²) in [7, 11) is 0. The molecule has 0 unspecified atom stereocenters. The fourth-order valence-corrected chi connectivity index (χ4v) is 1.17. The molecule has 0 saturated heterocycles. The first-order chi connectivity index (χ1) is 5.54. The molecule has 0 spiro atoms. The highest BCUT2D eigenvalue weighted by Crippen LogP contribution is 2.27. The van der Waals surface area contributed by atoms with Gasteiger partial charge in [-0.1, -0.05) is 20.4 Å². The van der Waals surface area contributed by atoms with E-state index in [4.69, 9.17) is 0 Å². The lowest BCUT2D eigenvalue weighted by Gasteiger charge is -2.21. The van der Waals surface area contributed by atoms with Gasteiger partial charge in [-0.15, -0.1) is 0 Å². The van der Waals surface area contributed by atoms with Crippen molar-refractivity contribution in [2.45, 2.75) is 33.6 Å². The summed E-state index contributed by atoms with van der Waals surface area (Å²) in [6.07, 6.45) is 2.83. The summed E-state index contributed by atoms with van der Waals surface area (Å²) in [5, 5.41) is 0. The Balaban J connectivity index is 4.83. The van der Waals surface area contributed by atoms with Crippen molar-refractivity contribution < 1.29 is 9.59 Å². The van der Waals surface area contributed by atoms with Gasteiger partial charge in [0.1, 0.15) is 0 Å². The first-order valence-electron chi connectivity index (χ1n) is 4.13. The van der Waals surface area contributed by atoms with Gasteiger partial charge in [0.05, 0.1) is 5.41 Å². The largest absolute Gasteiger partial charge is 0.293 e. The maximum absolute atomic E-state index is 11.5. The van der Waals surface area contributed by atoms with Gasteiger partial charge in [-0.25, -0.2) is 0 Å². The van der Waals surface area contributed by atoms with Gasteiger partial charge in [0, 0.05) is 0 Å². The molecule has 67 valence electrons. The van der Waals surface area contributed by atoms with Gasteiger partial charge in [-0.2, -0.15) is 0 Å². The average molecular weight is 167 g/mol. The maximum atomic E-state index is 11.5. The monoisotopic (exact) mass is 167 g/mol. The van der Waals surface area contributed by atoms with Crippen molar-refractivity contribution in [1.29, 1.82) is 0 Å². The predicted molar refractivity (Wildman–Crippen MR) is 48.5 cm³/mol. The van der Waals surface area contributed by atoms with Crippen molar-refractivity contribution in [3.63, 3.8) is 0 Å². The van der Waals surface area contributed by atoms with Gasteiger partial charge in [0.2, 0.25) is 6.29 Å². The van der Waals surface area contributed by atoms with E-state index in [2.05, 4.69) is 6.58 Å². The highest BCUT2D eigenvalue weighted by atomic mass is 16.1. The lowest BCUT2D eigenvalue weighted by molar-refractivity contribution is -0.121. The minimum atomic E-state index is -0.939. The van der Waals surface area contributed by atoms with Crippen LogP contribution in [-0.4, -0.2) is 12.1 Å². The SMILES string of the molecule is C=C(C)C(=O)C([C]=O)(CC)CC. The third kappa shape index (κ3) is 1.81. The Labute approximate surface area is 73.7 Å². The van der Waals surface area contributed by atoms with E-state index in [0.29, 0.717) is 18.4 Å². The van der Waals surface area contributed by atoms with Crippen LogP contribution < -0.4 is 0 Å². The van der Waals surface area contributed by atoms with Crippen LogP contribution in [0.5, 0.6) is 0 Å². The number of hydrogen-bond acceptors (Lipinski definition) is 2. The van der Waals surface area contributed by atoms with Crippen LogP contribution in [0.3, 0.4) is 0 Å². The predicted octanol–water partition coefficient (Wildman–Crippen LogP) is 2.05. The average Bonchev–Trinajstić information content (AvgIpc) is 2.08. The quantitative estimate of drug-likeness (QED) is 0.464. The van der Waals surface area contributed by atoms with Crippen LogP contribution in [0.1, 0.15) is 33.6 Å². The number of Topliss-reactive ketones (excluding diaryl/α,β-unsaturated/α-hetero) is 1. The molecule has 0 bridgehead atoms. The molecular weight excluding hydrogens is 152 g/mol. The van der Waals surface area contributed by atoms with E-state index >= 15 is 0 Å². The van der Waals surface area contributed by atoms with Crippen molar-refractivity contribution in [1.82, 2.24) is 0 Å². The number of rotatable bonds is 5. The number of carbonyl (C=O) groups is 1. The summed E-state index contributed by atoms with van der Waals surface area (Å²) in [6, 6.07) is 0. The lowest BCUT2D eigenvalue weighted by atomic mass is 9.77. The van der Waals surface area contributed by atoms with Crippen LogP contribution in [0.15, 0.2) is 12.2 Å². The highest BCUT2D eigenvalue weighted by molar-refractivity contribution is 6.07. The minimum Gasteiger partial charge on any atom is -0.293 e. The molecule has 12 heavy (non-hydrogen) atoms. The minimum absolute atomic E-state index is 0.178. The molecule has 0 saturated carbocycles. The van der Waals surface area contributed by atoms with Crippen LogP contribution in [0.4, 0.5) is 0 Å². The molecule has 0 aliphatic carbocycles. The molecule has 2 heteroatoms. The van der Waals surface area contributed by atoms with E-state index in [1.807, 2.05) is 20.1 Å². The number of carbonyl (C=O) groups excluding carboxylic acids is 2. The topological polar surface area (TPSA) is 34.1 Å². The van der Waals surface area contributed by atoms with Crippen LogP contribution in [0.2, 0.25) is 0 Å².